The van der Waals surface area contributed by atoms with Crippen LogP contribution in [0.2, 0.25) is 5.02 Å². The molecule has 0 spiro atoms. The van der Waals surface area contributed by atoms with Gasteiger partial charge in [0.15, 0.2) is 0 Å². The summed E-state index contributed by atoms with van der Waals surface area (Å²) in [4.78, 5) is 24.5. The molecule has 1 aromatic carbocycles. The molecule has 0 aliphatic rings. The normalized spacial score (nSPS) is 10.5. The number of hydrogen-bond donors (Lipinski definition) is 2. The number of nitrogens with one attached hydrogen (secondary N) is 2. The van der Waals surface area contributed by atoms with Crippen molar-refractivity contribution in [1.82, 2.24) is 5.32 Å². The van der Waals surface area contributed by atoms with Gasteiger partial charge in [-0.1, -0.05) is 36.7 Å². The third kappa shape index (κ3) is 5.04. The summed E-state index contributed by atoms with van der Waals surface area (Å²) in [5, 5.41) is 8.64. The maximum absolute atomic E-state index is 12.4. The first-order valence-corrected chi connectivity index (χ1v) is 9.38. The molecular formula is C18H21ClN2O3S. The third-order valence-corrected chi connectivity index (χ3v) is 4.62. The summed E-state index contributed by atoms with van der Waals surface area (Å²) in [6.45, 7) is 4.97. The zero-order valence-corrected chi connectivity index (χ0v) is 15.8. The number of benzene rings is 1. The lowest BCUT2D eigenvalue weighted by Crippen LogP contribution is -2.28. The maximum Gasteiger partial charge on any atom is 0.341 e. The van der Waals surface area contributed by atoms with Gasteiger partial charge in [-0.15, -0.1) is 11.3 Å². The first-order valence-electron chi connectivity index (χ1n) is 8.12. The number of ether oxygens (including phenoxy) is 1. The molecule has 0 aliphatic heterocycles. The molecular weight excluding hydrogens is 360 g/mol. The quantitative estimate of drug-likeness (QED) is 0.532. The molecule has 2 N–H and O–H groups in total. The highest BCUT2D eigenvalue weighted by Crippen LogP contribution is 2.39. The second kappa shape index (κ2) is 9.56. The van der Waals surface area contributed by atoms with Gasteiger partial charge < -0.3 is 15.4 Å². The van der Waals surface area contributed by atoms with Crippen LogP contribution in [0.15, 0.2) is 29.6 Å². The van der Waals surface area contributed by atoms with E-state index < -0.39 is 5.97 Å². The fourth-order valence-electron chi connectivity index (χ4n) is 2.28. The Bertz CT molecular complexity index is 746. The van der Waals surface area contributed by atoms with Crippen LogP contribution in [0, 0.1) is 0 Å². The van der Waals surface area contributed by atoms with E-state index in [4.69, 9.17) is 16.3 Å². The number of carbonyl (C=O) groups excluding carboxylic acids is 2. The Morgan fingerprint density at radius 1 is 1.20 bits per heavy atom. The van der Waals surface area contributed by atoms with Crippen LogP contribution < -0.4 is 10.6 Å². The van der Waals surface area contributed by atoms with E-state index in [-0.39, 0.29) is 19.1 Å². The molecule has 7 heteroatoms. The highest BCUT2D eigenvalue weighted by atomic mass is 35.5. The Morgan fingerprint density at radius 2 is 1.96 bits per heavy atom. The third-order valence-electron chi connectivity index (χ3n) is 3.40. The minimum Gasteiger partial charge on any atom is -0.462 e. The standard InChI is InChI=1S/C18H21ClN2O3S/c1-3-9-20-10-15(22)21-17-16(18(23)24-4-2)13(11-25-17)12-7-5-6-8-14(12)19/h5-8,11,20H,3-4,9-10H2,1-2H3,(H,21,22). The van der Waals surface area contributed by atoms with Gasteiger partial charge in [-0.25, -0.2) is 4.79 Å². The summed E-state index contributed by atoms with van der Waals surface area (Å²) < 4.78 is 5.17. The van der Waals surface area contributed by atoms with Crippen molar-refractivity contribution in [2.24, 2.45) is 0 Å². The predicted molar refractivity (Wildman–Crippen MR) is 103 cm³/mol. The number of anilines is 1. The Kier molecular flexibility index (Phi) is 7.43. The van der Waals surface area contributed by atoms with Crippen molar-refractivity contribution >= 4 is 39.8 Å². The van der Waals surface area contributed by atoms with Gasteiger partial charge in [-0.3, -0.25) is 4.79 Å². The van der Waals surface area contributed by atoms with Crippen molar-refractivity contribution in [3.63, 3.8) is 0 Å². The van der Waals surface area contributed by atoms with Gasteiger partial charge in [0.25, 0.3) is 0 Å². The zero-order valence-electron chi connectivity index (χ0n) is 14.2. The Hall–Kier alpha value is -1.89. The van der Waals surface area contributed by atoms with Crippen LogP contribution in [0.3, 0.4) is 0 Å². The molecule has 0 atom stereocenters. The second-order valence-electron chi connectivity index (χ2n) is 5.28. The van der Waals surface area contributed by atoms with E-state index in [0.717, 1.165) is 18.5 Å². The largest absolute Gasteiger partial charge is 0.462 e. The van der Waals surface area contributed by atoms with Crippen LogP contribution in [-0.2, 0) is 9.53 Å². The molecule has 2 rings (SSSR count). The zero-order chi connectivity index (χ0) is 18.2. The van der Waals surface area contributed by atoms with E-state index in [1.807, 2.05) is 30.5 Å². The lowest BCUT2D eigenvalue weighted by atomic mass is 10.0. The van der Waals surface area contributed by atoms with Crippen LogP contribution in [0.4, 0.5) is 5.00 Å². The van der Waals surface area contributed by atoms with E-state index in [0.29, 0.717) is 21.2 Å². The van der Waals surface area contributed by atoms with Crippen molar-refractivity contribution in [3.05, 3.63) is 40.2 Å². The van der Waals surface area contributed by atoms with E-state index in [1.54, 1.807) is 13.0 Å². The van der Waals surface area contributed by atoms with Crippen molar-refractivity contribution in [2.75, 3.05) is 25.0 Å². The number of amides is 1. The molecule has 0 radical (unpaired) electrons. The Balaban J connectivity index is 2.33. The first-order chi connectivity index (χ1) is 12.1. The topological polar surface area (TPSA) is 67.4 Å². The van der Waals surface area contributed by atoms with Crippen molar-refractivity contribution < 1.29 is 14.3 Å². The molecule has 0 fully saturated rings. The molecule has 1 aromatic heterocycles. The minimum atomic E-state index is -0.476. The van der Waals surface area contributed by atoms with Gasteiger partial charge in [0.1, 0.15) is 10.6 Å². The number of halogens is 1. The fraction of sp³-hybridized carbons (Fsp3) is 0.333. The molecule has 1 amide bonds. The van der Waals surface area contributed by atoms with E-state index in [2.05, 4.69) is 10.6 Å². The van der Waals surface area contributed by atoms with E-state index in [9.17, 15) is 9.59 Å². The molecule has 25 heavy (non-hydrogen) atoms. The summed E-state index contributed by atoms with van der Waals surface area (Å²) in [6.07, 6.45) is 0.941. The van der Waals surface area contributed by atoms with Gasteiger partial charge in [0.05, 0.1) is 13.2 Å². The molecule has 0 unspecified atom stereocenters. The number of rotatable bonds is 8. The van der Waals surface area contributed by atoms with Gasteiger partial charge in [-0.05, 0) is 26.0 Å². The second-order valence-corrected chi connectivity index (χ2v) is 6.57. The van der Waals surface area contributed by atoms with Crippen LogP contribution in [-0.4, -0.2) is 31.6 Å². The number of hydrogen-bond acceptors (Lipinski definition) is 5. The molecule has 134 valence electrons. The van der Waals surface area contributed by atoms with Gasteiger partial charge in [-0.2, -0.15) is 0 Å². The van der Waals surface area contributed by atoms with E-state index >= 15 is 0 Å². The lowest BCUT2D eigenvalue weighted by molar-refractivity contribution is -0.115. The first kappa shape index (κ1) is 19.4. The molecule has 0 saturated heterocycles. The monoisotopic (exact) mass is 380 g/mol. The number of esters is 1. The SMILES string of the molecule is CCCNCC(=O)Nc1scc(-c2ccccc2Cl)c1C(=O)OCC. The number of carbonyl (C=O) groups is 2. The summed E-state index contributed by atoms with van der Waals surface area (Å²) >= 11 is 7.55. The fourth-order valence-corrected chi connectivity index (χ4v) is 3.49. The smallest absolute Gasteiger partial charge is 0.341 e. The van der Waals surface area contributed by atoms with Crippen LogP contribution in [0.5, 0.6) is 0 Å². The van der Waals surface area contributed by atoms with E-state index in [1.165, 1.54) is 11.3 Å². The molecule has 0 aliphatic carbocycles. The molecule has 0 saturated carbocycles. The Labute approximate surface area is 156 Å². The summed E-state index contributed by atoms with van der Waals surface area (Å²) in [5.74, 6) is -0.679. The van der Waals surface area contributed by atoms with Crippen molar-refractivity contribution in [3.8, 4) is 11.1 Å². The van der Waals surface area contributed by atoms with Crippen LogP contribution in [0.1, 0.15) is 30.6 Å². The molecule has 0 bridgehead atoms. The molecule has 2 aromatic rings. The van der Waals surface area contributed by atoms with Gasteiger partial charge in [0, 0.05) is 21.5 Å². The average molecular weight is 381 g/mol. The van der Waals surface area contributed by atoms with Gasteiger partial charge in [0.2, 0.25) is 5.91 Å². The van der Waals surface area contributed by atoms with Crippen molar-refractivity contribution in [1.29, 1.82) is 0 Å². The van der Waals surface area contributed by atoms with Crippen LogP contribution >= 0.6 is 22.9 Å². The molecule has 5 nitrogen and oxygen atoms in total. The summed E-state index contributed by atoms with van der Waals surface area (Å²) in [6, 6.07) is 7.27. The summed E-state index contributed by atoms with van der Waals surface area (Å²) in [7, 11) is 0. The summed E-state index contributed by atoms with van der Waals surface area (Å²) in [5.41, 5.74) is 1.72. The highest BCUT2D eigenvalue weighted by Gasteiger charge is 2.23. The van der Waals surface area contributed by atoms with Crippen molar-refractivity contribution in [2.45, 2.75) is 20.3 Å². The van der Waals surface area contributed by atoms with Gasteiger partial charge >= 0.3 is 5.97 Å². The minimum absolute atomic E-state index is 0.190. The average Bonchev–Trinajstić information content (AvgIpc) is 2.99. The highest BCUT2D eigenvalue weighted by molar-refractivity contribution is 7.15. The maximum atomic E-state index is 12.4. The van der Waals surface area contributed by atoms with Crippen LogP contribution in [0.25, 0.3) is 11.1 Å². The number of thiophene rings is 1. The Morgan fingerprint density at radius 3 is 2.64 bits per heavy atom. The predicted octanol–water partition coefficient (Wildman–Crippen LogP) is 4.18. The molecule has 1 heterocycles. The lowest BCUT2D eigenvalue weighted by Gasteiger charge is -2.10.